The van der Waals surface area contributed by atoms with Crippen molar-refractivity contribution in [1.29, 1.82) is 0 Å². The number of carbonyl (C=O) groups excluding carboxylic acids is 1. The van der Waals surface area contributed by atoms with Crippen LogP contribution in [0.15, 0.2) is 24.3 Å². The number of aromatic carboxylic acids is 1. The highest BCUT2D eigenvalue weighted by molar-refractivity contribution is 5.97. The van der Waals surface area contributed by atoms with Crippen LogP contribution in [0.2, 0.25) is 0 Å². The van der Waals surface area contributed by atoms with Crippen LogP contribution in [0.5, 0.6) is 0 Å². The van der Waals surface area contributed by atoms with Crippen molar-refractivity contribution in [3.63, 3.8) is 0 Å². The average Bonchev–Trinajstić information content (AvgIpc) is 3.23. The van der Waals surface area contributed by atoms with Crippen molar-refractivity contribution < 1.29 is 14.7 Å². The molecule has 0 aromatic heterocycles. The number of unbranched alkanes of at least 4 members (excludes halogenated alkanes) is 1. The minimum atomic E-state index is -0.999. The first-order chi connectivity index (χ1) is 9.13. The molecule has 1 aromatic rings. The first-order valence-corrected chi connectivity index (χ1v) is 6.77. The second kappa shape index (κ2) is 5.87. The molecule has 1 aromatic carbocycles. The SMILES string of the molecule is CCCCN(C(=O)c1cccc(C(=O)O)c1)C1CC1. The summed E-state index contributed by atoms with van der Waals surface area (Å²) in [6.07, 6.45) is 4.16. The quantitative estimate of drug-likeness (QED) is 0.856. The van der Waals surface area contributed by atoms with E-state index < -0.39 is 5.97 Å². The summed E-state index contributed by atoms with van der Waals surface area (Å²) < 4.78 is 0. The lowest BCUT2D eigenvalue weighted by molar-refractivity contribution is 0.0697. The van der Waals surface area contributed by atoms with Gasteiger partial charge in [0.2, 0.25) is 0 Å². The molecule has 102 valence electrons. The molecule has 0 heterocycles. The Morgan fingerprint density at radius 3 is 2.58 bits per heavy atom. The Morgan fingerprint density at radius 1 is 1.32 bits per heavy atom. The molecular weight excluding hydrogens is 242 g/mol. The molecule has 4 heteroatoms. The van der Waals surface area contributed by atoms with Crippen LogP contribution in [-0.2, 0) is 0 Å². The Morgan fingerprint density at radius 2 is 2.00 bits per heavy atom. The molecule has 4 nitrogen and oxygen atoms in total. The number of hydrogen-bond donors (Lipinski definition) is 1. The second-order valence-corrected chi connectivity index (χ2v) is 4.97. The lowest BCUT2D eigenvalue weighted by Gasteiger charge is -2.22. The predicted octanol–water partition coefficient (Wildman–Crippen LogP) is 2.79. The van der Waals surface area contributed by atoms with Gasteiger partial charge in [0, 0.05) is 18.2 Å². The molecule has 0 bridgehead atoms. The predicted molar refractivity (Wildman–Crippen MR) is 72.4 cm³/mol. The van der Waals surface area contributed by atoms with Crippen molar-refractivity contribution >= 4 is 11.9 Å². The van der Waals surface area contributed by atoms with Gasteiger partial charge in [0.1, 0.15) is 0 Å². The van der Waals surface area contributed by atoms with Gasteiger partial charge < -0.3 is 10.0 Å². The molecule has 2 rings (SSSR count). The van der Waals surface area contributed by atoms with Crippen LogP contribution in [0.4, 0.5) is 0 Å². The fourth-order valence-corrected chi connectivity index (χ4v) is 2.12. The maximum Gasteiger partial charge on any atom is 0.335 e. The lowest BCUT2D eigenvalue weighted by Crippen LogP contribution is -2.34. The summed E-state index contributed by atoms with van der Waals surface area (Å²) in [6.45, 7) is 2.86. The molecule has 0 spiro atoms. The van der Waals surface area contributed by atoms with E-state index >= 15 is 0 Å². The van der Waals surface area contributed by atoms with E-state index in [-0.39, 0.29) is 11.5 Å². The number of hydrogen-bond acceptors (Lipinski definition) is 2. The van der Waals surface area contributed by atoms with E-state index in [9.17, 15) is 9.59 Å². The summed E-state index contributed by atoms with van der Waals surface area (Å²) in [5.41, 5.74) is 0.639. The normalized spacial score (nSPS) is 14.2. The maximum absolute atomic E-state index is 12.4. The highest BCUT2D eigenvalue weighted by Crippen LogP contribution is 2.28. The van der Waals surface area contributed by atoms with E-state index in [2.05, 4.69) is 6.92 Å². The van der Waals surface area contributed by atoms with Gasteiger partial charge in [-0.1, -0.05) is 19.4 Å². The van der Waals surface area contributed by atoms with E-state index in [0.29, 0.717) is 11.6 Å². The number of amides is 1. The molecule has 0 aliphatic heterocycles. The summed E-state index contributed by atoms with van der Waals surface area (Å²) in [4.78, 5) is 25.3. The maximum atomic E-state index is 12.4. The number of benzene rings is 1. The summed E-state index contributed by atoms with van der Waals surface area (Å²) in [5.74, 6) is -1.04. The zero-order valence-electron chi connectivity index (χ0n) is 11.1. The van der Waals surface area contributed by atoms with Crippen LogP contribution in [0.1, 0.15) is 53.3 Å². The van der Waals surface area contributed by atoms with Gasteiger partial charge >= 0.3 is 5.97 Å². The molecule has 0 unspecified atom stereocenters. The number of carbonyl (C=O) groups is 2. The fraction of sp³-hybridized carbons (Fsp3) is 0.467. The van der Waals surface area contributed by atoms with Gasteiger partial charge in [-0.15, -0.1) is 0 Å². The standard InChI is InChI=1S/C15H19NO3/c1-2-3-9-16(13-7-8-13)14(17)11-5-4-6-12(10-11)15(18)19/h4-6,10,13H,2-3,7-9H2,1H3,(H,18,19). The molecule has 0 radical (unpaired) electrons. The Labute approximate surface area is 113 Å². The van der Waals surface area contributed by atoms with Gasteiger partial charge in [0.25, 0.3) is 5.91 Å². The Bertz CT molecular complexity index is 480. The van der Waals surface area contributed by atoms with Gasteiger partial charge in [0.15, 0.2) is 0 Å². The smallest absolute Gasteiger partial charge is 0.335 e. The van der Waals surface area contributed by atoms with E-state index in [1.165, 1.54) is 12.1 Å². The van der Waals surface area contributed by atoms with Crippen molar-refractivity contribution in [2.24, 2.45) is 0 Å². The Hall–Kier alpha value is -1.84. The highest BCUT2D eigenvalue weighted by Gasteiger charge is 2.32. The lowest BCUT2D eigenvalue weighted by atomic mass is 10.1. The Balaban J connectivity index is 2.16. The van der Waals surface area contributed by atoms with E-state index in [4.69, 9.17) is 5.11 Å². The summed E-state index contributed by atoms with van der Waals surface area (Å²) in [6, 6.07) is 6.64. The average molecular weight is 261 g/mol. The zero-order valence-corrected chi connectivity index (χ0v) is 11.1. The van der Waals surface area contributed by atoms with Gasteiger partial charge in [-0.3, -0.25) is 4.79 Å². The number of carboxylic acids is 1. The third-order valence-corrected chi connectivity index (χ3v) is 3.36. The molecule has 1 fully saturated rings. The van der Waals surface area contributed by atoms with Crippen molar-refractivity contribution in [3.8, 4) is 0 Å². The van der Waals surface area contributed by atoms with E-state index in [1.54, 1.807) is 12.1 Å². The van der Waals surface area contributed by atoms with Gasteiger partial charge in [0.05, 0.1) is 5.56 Å². The van der Waals surface area contributed by atoms with E-state index in [1.807, 2.05) is 4.90 Å². The highest BCUT2D eigenvalue weighted by atomic mass is 16.4. The summed E-state index contributed by atoms with van der Waals surface area (Å²) >= 11 is 0. The first-order valence-electron chi connectivity index (χ1n) is 6.77. The number of carboxylic acid groups (broad SMARTS) is 1. The van der Waals surface area contributed by atoms with Crippen LogP contribution in [0.25, 0.3) is 0 Å². The topological polar surface area (TPSA) is 57.6 Å². The second-order valence-electron chi connectivity index (χ2n) is 4.97. The largest absolute Gasteiger partial charge is 0.478 e. The fourth-order valence-electron chi connectivity index (χ4n) is 2.12. The molecule has 1 aliphatic carbocycles. The van der Waals surface area contributed by atoms with Crippen LogP contribution >= 0.6 is 0 Å². The monoisotopic (exact) mass is 261 g/mol. The van der Waals surface area contributed by atoms with Crippen LogP contribution in [0.3, 0.4) is 0 Å². The van der Waals surface area contributed by atoms with Crippen LogP contribution in [0, 0.1) is 0 Å². The molecule has 0 saturated heterocycles. The van der Waals surface area contributed by atoms with Crippen molar-refractivity contribution in [1.82, 2.24) is 4.90 Å². The Kier molecular flexibility index (Phi) is 4.20. The first kappa shape index (κ1) is 13.6. The molecule has 1 saturated carbocycles. The van der Waals surface area contributed by atoms with E-state index in [0.717, 1.165) is 32.2 Å². The number of nitrogens with zero attached hydrogens (tertiary/aromatic N) is 1. The van der Waals surface area contributed by atoms with Gasteiger partial charge in [-0.2, -0.15) is 0 Å². The van der Waals surface area contributed by atoms with Crippen LogP contribution < -0.4 is 0 Å². The minimum absolute atomic E-state index is 0.0425. The van der Waals surface area contributed by atoms with Gasteiger partial charge in [-0.25, -0.2) is 4.79 Å². The summed E-state index contributed by atoms with van der Waals surface area (Å²) in [5, 5.41) is 8.97. The zero-order chi connectivity index (χ0) is 13.8. The molecule has 1 amide bonds. The molecule has 19 heavy (non-hydrogen) atoms. The van der Waals surface area contributed by atoms with Crippen molar-refractivity contribution in [3.05, 3.63) is 35.4 Å². The van der Waals surface area contributed by atoms with Crippen LogP contribution in [-0.4, -0.2) is 34.5 Å². The molecular formula is C15H19NO3. The third kappa shape index (κ3) is 3.34. The number of rotatable bonds is 6. The van der Waals surface area contributed by atoms with Crippen molar-refractivity contribution in [2.45, 2.75) is 38.6 Å². The van der Waals surface area contributed by atoms with Gasteiger partial charge in [-0.05, 0) is 37.5 Å². The van der Waals surface area contributed by atoms with Crippen molar-refractivity contribution in [2.75, 3.05) is 6.54 Å². The summed E-state index contributed by atoms with van der Waals surface area (Å²) in [7, 11) is 0. The molecule has 1 N–H and O–H groups in total. The minimum Gasteiger partial charge on any atom is -0.478 e. The third-order valence-electron chi connectivity index (χ3n) is 3.36. The molecule has 0 atom stereocenters. The molecule has 1 aliphatic rings.